The lowest BCUT2D eigenvalue weighted by Crippen LogP contribution is -2.41. The number of piperidine rings is 1. The maximum atomic E-state index is 12.6. The molecule has 6 nitrogen and oxygen atoms in total. The summed E-state index contributed by atoms with van der Waals surface area (Å²) in [5.41, 5.74) is 0.615. The molecule has 0 spiro atoms. The van der Waals surface area contributed by atoms with Crippen molar-refractivity contribution in [2.45, 2.75) is 45.6 Å². The number of likely N-dealkylation sites (tertiary alicyclic amines) is 1. The first kappa shape index (κ1) is 15.5. The minimum absolute atomic E-state index is 0.00113. The summed E-state index contributed by atoms with van der Waals surface area (Å²) in [4.78, 5) is 25.1. The van der Waals surface area contributed by atoms with Gasteiger partial charge in [-0.3, -0.25) is 14.3 Å². The molecule has 6 heteroatoms. The van der Waals surface area contributed by atoms with Gasteiger partial charge in [-0.15, -0.1) is 0 Å². The van der Waals surface area contributed by atoms with Crippen molar-refractivity contribution in [3.8, 4) is 0 Å². The molecule has 2 heterocycles. The van der Waals surface area contributed by atoms with Gasteiger partial charge in [0.25, 0.3) is 5.91 Å². The van der Waals surface area contributed by atoms with Gasteiger partial charge >= 0.3 is 5.97 Å². The van der Waals surface area contributed by atoms with Crippen molar-refractivity contribution in [2.75, 3.05) is 13.1 Å². The summed E-state index contributed by atoms with van der Waals surface area (Å²) < 4.78 is 1.74. The van der Waals surface area contributed by atoms with Gasteiger partial charge in [0.05, 0.1) is 0 Å². The van der Waals surface area contributed by atoms with Gasteiger partial charge in [0, 0.05) is 31.7 Å². The standard InChI is InChI=1S/C15H23N3O3/c1-11(2)18-13(7-8-16-18)15(21)17-9-3-4-12(10-17)5-6-14(19)20/h7-8,11-12H,3-6,9-10H2,1-2H3,(H,19,20). The normalized spacial score (nSPS) is 19.0. The molecule has 1 atom stereocenters. The topological polar surface area (TPSA) is 75.4 Å². The van der Waals surface area contributed by atoms with E-state index in [4.69, 9.17) is 5.11 Å². The molecular formula is C15H23N3O3. The molecule has 116 valence electrons. The molecule has 21 heavy (non-hydrogen) atoms. The van der Waals surface area contributed by atoms with E-state index >= 15 is 0 Å². The highest BCUT2D eigenvalue weighted by molar-refractivity contribution is 5.92. The van der Waals surface area contributed by atoms with Crippen LogP contribution in [0.25, 0.3) is 0 Å². The van der Waals surface area contributed by atoms with E-state index in [0.717, 1.165) is 19.4 Å². The molecule has 0 radical (unpaired) electrons. The Bertz CT molecular complexity index is 510. The molecule has 1 aliphatic rings. The van der Waals surface area contributed by atoms with E-state index in [2.05, 4.69) is 5.10 Å². The van der Waals surface area contributed by atoms with Gasteiger partial charge in [-0.25, -0.2) is 0 Å². The zero-order valence-electron chi connectivity index (χ0n) is 12.7. The van der Waals surface area contributed by atoms with Crippen molar-refractivity contribution < 1.29 is 14.7 Å². The van der Waals surface area contributed by atoms with Crippen LogP contribution in [0.15, 0.2) is 12.3 Å². The largest absolute Gasteiger partial charge is 0.481 e. The molecule has 1 amide bonds. The Hall–Kier alpha value is -1.85. The van der Waals surface area contributed by atoms with Crippen LogP contribution in [0.4, 0.5) is 0 Å². The van der Waals surface area contributed by atoms with Gasteiger partial charge in [0.1, 0.15) is 5.69 Å². The highest BCUT2D eigenvalue weighted by atomic mass is 16.4. The fourth-order valence-electron chi connectivity index (χ4n) is 2.87. The van der Waals surface area contributed by atoms with E-state index in [1.165, 1.54) is 0 Å². The van der Waals surface area contributed by atoms with Gasteiger partial charge < -0.3 is 10.0 Å². The molecule has 1 saturated heterocycles. The van der Waals surface area contributed by atoms with E-state index in [9.17, 15) is 9.59 Å². The van der Waals surface area contributed by atoms with E-state index in [1.54, 1.807) is 16.9 Å². The first-order chi connectivity index (χ1) is 9.99. The Kier molecular flexibility index (Phi) is 4.98. The highest BCUT2D eigenvalue weighted by Gasteiger charge is 2.27. The summed E-state index contributed by atoms with van der Waals surface area (Å²) in [6, 6.07) is 1.90. The van der Waals surface area contributed by atoms with Crippen molar-refractivity contribution in [1.29, 1.82) is 0 Å². The van der Waals surface area contributed by atoms with Crippen LogP contribution in [0.1, 0.15) is 56.1 Å². The van der Waals surface area contributed by atoms with Crippen molar-refractivity contribution in [1.82, 2.24) is 14.7 Å². The van der Waals surface area contributed by atoms with Crippen LogP contribution in [-0.4, -0.2) is 44.8 Å². The Morgan fingerprint density at radius 1 is 1.48 bits per heavy atom. The molecule has 1 N–H and O–H groups in total. The number of aromatic nitrogens is 2. The number of hydrogen-bond donors (Lipinski definition) is 1. The summed E-state index contributed by atoms with van der Waals surface area (Å²) in [7, 11) is 0. The predicted molar refractivity (Wildman–Crippen MR) is 78.1 cm³/mol. The maximum absolute atomic E-state index is 12.6. The molecule has 1 aromatic rings. The number of rotatable bonds is 5. The lowest BCUT2D eigenvalue weighted by atomic mass is 9.93. The molecule has 1 aliphatic heterocycles. The minimum atomic E-state index is -0.767. The Morgan fingerprint density at radius 2 is 2.24 bits per heavy atom. The summed E-state index contributed by atoms with van der Waals surface area (Å²) in [6.07, 6.45) is 4.41. The minimum Gasteiger partial charge on any atom is -0.481 e. The summed E-state index contributed by atoms with van der Waals surface area (Å²) in [5.74, 6) is -0.480. The first-order valence-corrected chi connectivity index (χ1v) is 7.53. The Balaban J connectivity index is 2.01. The van der Waals surface area contributed by atoms with E-state index in [0.29, 0.717) is 18.7 Å². The van der Waals surface area contributed by atoms with Gasteiger partial charge in [-0.05, 0) is 45.1 Å². The molecular weight excluding hydrogens is 270 g/mol. The SMILES string of the molecule is CC(C)n1nccc1C(=O)N1CCCC(CCC(=O)O)C1. The second kappa shape index (κ2) is 6.74. The zero-order chi connectivity index (χ0) is 15.4. The van der Waals surface area contributed by atoms with Crippen molar-refractivity contribution in [3.05, 3.63) is 18.0 Å². The zero-order valence-corrected chi connectivity index (χ0v) is 12.7. The highest BCUT2D eigenvalue weighted by Crippen LogP contribution is 2.23. The van der Waals surface area contributed by atoms with Gasteiger partial charge in [-0.1, -0.05) is 0 Å². The van der Waals surface area contributed by atoms with Crippen molar-refractivity contribution >= 4 is 11.9 Å². The van der Waals surface area contributed by atoms with Gasteiger partial charge in [-0.2, -0.15) is 5.10 Å². The third-order valence-electron chi connectivity index (χ3n) is 3.95. The second-order valence-electron chi connectivity index (χ2n) is 5.95. The lowest BCUT2D eigenvalue weighted by molar-refractivity contribution is -0.137. The first-order valence-electron chi connectivity index (χ1n) is 7.53. The van der Waals surface area contributed by atoms with Crippen LogP contribution in [0, 0.1) is 5.92 Å². The number of amides is 1. The molecule has 0 bridgehead atoms. The monoisotopic (exact) mass is 293 g/mol. The number of carbonyl (C=O) groups excluding carboxylic acids is 1. The third-order valence-corrected chi connectivity index (χ3v) is 3.95. The van der Waals surface area contributed by atoms with Crippen LogP contribution in [0.2, 0.25) is 0 Å². The number of carboxylic acid groups (broad SMARTS) is 1. The van der Waals surface area contributed by atoms with E-state index in [1.807, 2.05) is 18.7 Å². The Labute approximate surface area is 124 Å². The third kappa shape index (κ3) is 3.83. The van der Waals surface area contributed by atoms with Crippen LogP contribution in [0.3, 0.4) is 0 Å². The van der Waals surface area contributed by atoms with Crippen LogP contribution in [0.5, 0.6) is 0 Å². The quantitative estimate of drug-likeness (QED) is 0.903. The van der Waals surface area contributed by atoms with Crippen LogP contribution < -0.4 is 0 Å². The average Bonchev–Trinajstić information content (AvgIpc) is 2.94. The molecule has 0 aromatic carbocycles. The molecule has 1 unspecified atom stereocenters. The van der Waals surface area contributed by atoms with Gasteiger partial charge in [0.15, 0.2) is 0 Å². The van der Waals surface area contributed by atoms with Gasteiger partial charge in [0.2, 0.25) is 0 Å². The number of aliphatic carboxylic acids is 1. The van der Waals surface area contributed by atoms with Crippen LogP contribution >= 0.6 is 0 Å². The van der Waals surface area contributed by atoms with Crippen molar-refractivity contribution in [3.63, 3.8) is 0 Å². The van der Waals surface area contributed by atoms with Crippen LogP contribution in [-0.2, 0) is 4.79 Å². The molecule has 0 aliphatic carbocycles. The molecule has 2 rings (SSSR count). The summed E-state index contributed by atoms with van der Waals surface area (Å²) >= 11 is 0. The number of hydrogen-bond acceptors (Lipinski definition) is 3. The number of nitrogens with zero attached hydrogens (tertiary/aromatic N) is 3. The maximum Gasteiger partial charge on any atom is 0.303 e. The fraction of sp³-hybridized carbons (Fsp3) is 0.667. The second-order valence-corrected chi connectivity index (χ2v) is 5.95. The number of carboxylic acids is 1. The lowest BCUT2D eigenvalue weighted by Gasteiger charge is -2.32. The van der Waals surface area contributed by atoms with E-state index in [-0.39, 0.29) is 24.3 Å². The Morgan fingerprint density at radius 3 is 2.90 bits per heavy atom. The predicted octanol–water partition coefficient (Wildman–Crippen LogP) is 2.18. The van der Waals surface area contributed by atoms with Crippen molar-refractivity contribution in [2.24, 2.45) is 5.92 Å². The fourth-order valence-corrected chi connectivity index (χ4v) is 2.87. The summed E-state index contributed by atoms with van der Waals surface area (Å²) in [5, 5.41) is 13.0. The van der Waals surface area contributed by atoms with E-state index < -0.39 is 5.97 Å². The molecule has 1 fully saturated rings. The average molecular weight is 293 g/mol. The molecule has 0 saturated carbocycles. The number of carbonyl (C=O) groups is 2. The smallest absolute Gasteiger partial charge is 0.303 e. The summed E-state index contributed by atoms with van der Waals surface area (Å²) in [6.45, 7) is 5.38. The molecule has 1 aromatic heterocycles.